The monoisotopic (exact) mass is 558 g/mol. The number of hydrogen-bond acceptors (Lipinski definition) is 7. The first-order valence-corrected chi connectivity index (χ1v) is 13.6. The first kappa shape index (κ1) is 28.4. The van der Waals surface area contributed by atoms with Gasteiger partial charge in [0.1, 0.15) is 29.4 Å². The smallest absolute Gasteiger partial charge is 0.330 e. The van der Waals surface area contributed by atoms with E-state index >= 15 is 0 Å². The lowest BCUT2D eigenvalue weighted by Crippen LogP contribution is -2.40. The van der Waals surface area contributed by atoms with Crippen LogP contribution in [-0.2, 0) is 21.5 Å². The number of benzene rings is 3. The third kappa shape index (κ3) is 5.44. The third-order valence-electron chi connectivity index (χ3n) is 7.59. The van der Waals surface area contributed by atoms with E-state index in [0.29, 0.717) is 23.5 Å². The zero-order chi connectivity index (χ0) is 29.0. The number of nitrogens with zero attached hydrogens (tertiary/aromatic N) is 1. The van der Waals surface area contributed by atoms with E-state index in [2.05, 4.69) is 4.98 Å². The van der Waals surface area contributed by atoms with Gasteiger partial charge in [-0.25, -0.2) is 9.36 Å². The predicted octanol–water partition coefficient (Wildman–Crippen LogP) is 3.77. The van der Waals surface area contributed by atoms with Crippen molar-refractivity contribution in [3.05, 3.63) is 128 Å². The summed E-state index contributed by atoms with van der Waals surface area (Å²) in [7, 11) is 3.22. The molecule has 1 aliphatic heterocycles. The van der Waals surface area contributed by atoms with E-state index in [1.54, 1.807) is 14.2 Å². The Bertz CT molecular complexity index is 1520. The zero-order valence-electron chi connectivity index (χ0n) is 23.3. The molecular weight excluding hydrogens is 524 g/mol. The van der Waals surface area contributed by atoms with Gasteiger partial charge in [-0.3, -0.25) is 4.79 Å². The number of aliphatic hydroxyl groups excluding tert-OH is 1. The molecule has 1 fully saturated rings. The van der Waals surface area contributed by atoms with Crippen molar-refractivity contribution in [1.82, 2.24) is 9.55 Å². The van der Waals surface area contributed by atoms with Gasteiger partial charge in [-0.15, -0.1) is 0 Å². The van der Waals surface area contributed by atoms with Crippen molar-refractivity contribution in [2.45, 2.75) is 43.8 Å². The number of aliphatic hydroxyl groups is 1. The second-order valence-electron chi connectivity index (χ2n) is 9.90. The highest BCUT2D eigenvalue weighted by atomic mass is 16.6. The normalized spacial score (nSPS) is 18.8. The second kappa shape index (κ2) is 12.1. The molecule has 0 radical (unpaired) electrons. The molecule has 4 aromatic rings. The average Bonchev–Trinajstić information content (AvgIpc) is 3.38. The molecular formula is C32H34N2O7. The first-order valence-electron chi connectivity index (χ1n) is 13.6. The largest absolute Gasteiger partial charge is 0.497 e. The van der Waals surface area contributed by atoms with Gasteiger partial charge in [-0.05, 0) is 47.4 Å². The molecule has 0 spiro atoms. The topological polar surface area (TPSA) is 112 Å². The van der Waals surface area contributed by atoms with Gasteiger partial charge in [0, 0.05) is 18.2 Å². The predicted molar refractivity (Wildman–Crippen MR) is 153 cm³/mol. The zero-order valence-corrected chi connectivity index (χ0v) is 23.3. The average molecular weight is 559 g/mol. The Morgan fingerprint density at radius 3 is 2.00 bits per heavy atom. The molecule has 1 aromatic heterocycles. The van der Waals surface area contributed by atoms with Crippen LogP contribution in [0.15, 0.2) is 94.6 Å². The molecule has 0 aliphatic carbocycles. The number of hydrogen-bond donors (Lipinski definition) is 2. The van der Waals surface area contributed by atoms with Gasteiger partial charge in [0.15, 0.2) is 0 Å². The second-order valence-corrected chi connectivity index (χ2v) is 9.90. The number of rotatable bonds is 10. The van der Waals surface area contributed by atoms with Crippen molar-refractivity contribution in [3.63, 3.8) is 0 Å². The lowest BCUT2D eigenvalue weighted by Gasteiger charge is -2.37. The van der Waals surface area contributed by atoms with E-state index < -0.39 is 35.3 Å². The van der Waals surface area contributed by atoms with E-state index in [1.807, 2.05) is 85.8 Å². The van der Waals surface area contributed by atoms with Gasteiger partial charge in [0.2, 0.25) is 0 Å². The summed E-state index contributed by atoms with van der Waals surface area (Å²) < 4.78 is 24.8. The van der Waals surface area contributed by atoms with Crippen LogP contribution >= 0.6 is 0 Å². The molecule has 1 aliphatic rings. The maximum absolute atomic E-state index is 12.9. The summed E-state index contributed by atoms with van der Waals surface area (Å²) in [5, 5.41) is 11.0. The van der Waals surface area contributed by atoms with Crippen LogP contribution in [0.1, 0.15) is 41.8 Å². The lowest BCUT2D eigenvalue weighted by molar-refractivity contribution is -0.0949. The van der Waals surface area contributed by atoms with Crippen molar-refractivity contribution in [2.75, 3.05) is 20.8 Å². The van der Waals surface area contributed by atoms with Crippen LogP contribution in [0.4, 0.5) is 0 Å². The molecule has 0 saturated carbocycles. The molecule has 214 valence electrons. The molecule has 9 nitrogen and oxygen atoms in total. The highest BCUT2D eigenvalue weighted by molar-refractivity contribution is 5.49. The number of ether oxygens (including phenoxy) is 4. The van der Waals surface area contributed by atoms with Crippen LogP contribution in [0.2, 0.25) is 0 Å². The Morgan fingerprint density at radius 2 is 1.46 bits per heavy atom. The molecule has 0 amide bonds. The molecule has 9 heteroatoms. The molecule has 0 unspecified atom stereocenters. The summed E-state index contributed by atoms with van der Waals surface area (Å²) in [5.41, 5.74) is 0.889. The van der Waals surface area contributed by atoms with Crippen molar-refractivity contribution in [3.8, 4) is 11.5 Å². The van der Waals surface area contributed by atoms with Gasteiger partial charge in [-0.2, -0.15) is 0 Å². The number of nitrogens with one attached hydrogen (secondary N) is 1. The molecule has 0 bridgehead atoms. The van der Waals surface area contributed by atoms with Crippen molar-refractivity contribution in [1.29, 1.82) is 0 Å². The minimum Gasteiger partial charge on any atom is -0.497 e. The summed E-state index contributed by atoms with van der Waals surface area (Å²) in [6.07, 6.45) is -0.721. The molecule has 2 heterocycles. The molecule has 3 aromatic carbocycles. The SMILES string of the molecule is CCc1c[nH]c(=O)n([C@H]2C[C@@H](O)[C@@H](COC(c3ccccc3)(c3ccc(OC)cc3)c3ccc(OC)cc3)O2)c1=O. The Hall–Kier alpha value is -4.18. The number of aromatic nitrogens is 2. The van der Waals surface area contributed by atoms with Gasteiger partial charge < -0.3 is 29.0 Å². The van der Waals surface area contributed by atoms with Crippen LogP contribution < -0.4 is 20.7 Å². The molecule has 2 N–H and O–H groups in total. The van der Waals surface area contributed by atoms with Crippen LogP contribution in [0, 0.1) is 0 Å². The summed E-state index contributed by atoms with van der Waals surface area (Å²) in [6, 6.07) is 25.1. The first-order chi connectivity index (χ1) is 19.9. The number of methoxy groups -OCH3 is 2. The summed E-state index contributed by atoms with van der Waals surface area (Å²) in [4.78, 5) is 28.1. The van der Waals surface area contributed by atoms with Crippen LogP contribution in [-0.4, -0.2) is 47.7 Å². The Kier molecular flexibility index (Phi) is 8.39. The molecule has 3 atom stereocenters. The fraction of sp³-hybridized carbons (Fsp3) is 0.312. The summed E-state index contributed by atoms with van der Waals surface area (Å²) >= 11 is 0. The van der Waals surface area contributed by atoms with Gasteiger partial charge in [-0.1, -0.05) is 61.5 Å². The lowest BCUT2D eigenvalue weighted by atomic mass is 9.80. The standard InChI is InChI=1S/C32H34N2O7/c1-4-21-19-33-31(37)34(30(21)36)29-18-27(35)28(41-29)20-40-32(22-8-6-5-7-9-22,23-10-14-25(38-2)15-11-23)24-12-16-26(39-3)17-13-24/h5-17,19,27-29,35H,4,18,20H2,1-3H3,(H,33,37)/t27-,28-,29-/m1/s1. The molecule has 5 rings (SSSR count). The Morgan fingerprint density at radius 1 is 0.902 bits per heavy atom. The third-order valence-corrected chi connectivity index (χ3v) is 7.59. The number of aromatic amines is 1. The molecule has 41 heavy (non-hydrogen) atoms. The maximum Gasteiger partial charge on any atom is 0.330 e. The fourth-order valence-electron chi connectivity index (χ4n) is 5.35. The summed E-state index contributed by atoms with van der Waals surface area (Å²) in [6.45, 7) is 1.81. The van der Waals surface area contributed by atoms with Crippen molar-refractivity contribution >= 4 is 0 Å². The van der Waals surface area contributed by atoms with E-state index in [1.165, 1.54) is 6.20 Å². The Labute approximate surface area is 237 Å². The fourth-order valence-corrected chi connectivity index (χ4v) is 5.35. The highest BCUT2D eigenvalue weighted by Crippen LogP contribution is 2.42. The van der Waals surface area contributed by atoms with Gasteiger partial charge in [0.25, 0.3) is 5.56 Å². The van der Waals surface area contributed by atoms with E-state index in [4.69, 9.17) is 18.9 Å². The van der Waals surface area contributed by atoms with Gasteiger partial charge in [0.05, 0.1) is 26.9 Å². The number of H-pyrrole nitrogens is 1. The van der Waals surface area contributed by atoms with Crippen LogP contribution in [0.5, 0.6) is 11.5 Å². The number of aryl methyl sites for hydroxylation is 1. The quantitative estimate of drug-likeness (QED) is 0.285. The van der Waals surface area contributed by atoms with Crippen LogP contribution in [0.25, 0.3) is 0 Å². The van der Waals surface area contributed by atoms with Crippen LogP contribution in [0.3, 0.4) is 0 Å². The minimum absolute atomic E-state index is 0.0231. The Balaban J connectivity index is 1.54. The van der Waals surface area contributed by atoms with E-state index in [0.717, 1.165) is 21.3 Å². The van der Waals surface area contributed by atoms with E-state index in [9.17, 15) is 14.7 Å². The summed E-state index contributed by atoms with van der Waals surface area (Å²) in [5.74, 6) is 1.40. The maximum atomic E-state index is 12.9. The van der Waals surface area contributed by atoms with Crippen molar-refractivity contribution in [2.24, 2.45) is 0 Å². The minimum atomic E-state index is -1.10. The van der Waals surface area contributed by atoms with E-state index in [-0.39, 0.29) is 13.0 Å². The van der Waals surface area contributed by atoms with Gasteiger partial charge >= 0.3 is 5.69 Å². The van der Waals surface area contributed by atoms with Crippen molar-refractivity contribution < 1.29 is 24.1 Å². The molecule has 1 saturated heterocycles. The highest BCUT2D eigenvalue weighted by Gasteiger charge is 2.42.